The first-order chi connectivity index (χ1) is 33.5. The molecule has 3 N–H and O–H groups in total. The smallest absolute Gasteiger partial charge is 0.417 e. The third-order valence-electron chi connectivity index (χ3n) is 13.0. The van der Waals surface area contributed by atoms with Gasteiger partial charge in [0.15, 0.2) is 0 Å². The summed E-state index contributed by atoms with van der Waals surface area (Å²) in [5, 5.41) is 38.9. The molecule has 2 amide bonds. The summed E-state index contributed by atoms with van der Waals surface area (Å²) in [6, 6.07) is 24.7. The molecule has 1 aliphatic heterocycles. The molecule has 7 rings (SSSR count). The summed E-state index contributed by atoms with van der Waals surface area (Å²) in [7, 11) is 4.66. The zero-order chi connectivity index (χ0) is 48.9. The highest BCUT2D eigenvalue weighted by Gasteiger charge is 2.65. The fraction of sp³-hybridized carbons (Fsp3) is 0.404. The van der Waals surface area contributed by atoms with Crippen molar-refractivity contribution in [3.05, 3.63) is 142 Å². The molecular weight excluding hydrogens is 889 g/mol. The standard InChI is InChI=1S/C52H60N4O13/c1-5-27-66-52-47(55(2)51(60)65-32-34-13-7-6-8-14-34)31-44(54-67-33-35-17-19-37(20-18-35)56(61)62)41-28-36(15-9-11-25-57)40(16-10-12-26-58)48(49(41)52)42-29-39(22-24-45(42)69-52)68-50(59)53-43-23-21-38(63-3)30-46(43)64-4/h5-8,13-14,17-24,28-30,36,40,47-49,57-58H,1,9-12,15-16,25-27,31-33H2,2-4H3,(H,53,59)/t36-,40+,47-,48+,49+,52+/m0/s1. The van der Waals surface area contributed by atoms with Gasteiger partial charge in [-0.1, -0.05) is 60.5 Å². The number of amides is 2. The van der Waals surface area contributed by atoms with Gasteiger partial charge in [-0.2, -0.15) is 0 Å². The second kappa shape index (κ2) is 23.4. The van der Waals surface area contributed by atoms with Crippen LogP contribution in [0.4, 0.5) is 21.0 Å². The van der Waals surface area contributed by atoms with Crippen molar-refractivity contribution in [2.75, 3.05) is 46.4 Å². The lowest BCUT2D eigenvalue weighted by Crippen LogP contribution is -2.69. The number of hydrogen-bond acceptors (Lipinski definition) is 14. The number of allylic oxidation sites excluding steroid dienone is 1. The van der Waals surface area contributed by atoms with Crippen molar-refractivity contribution in [1.82, 2.24) is 4.90 Å². The summed E-state index contributed by atoms with van der Waals surface area (Å²) >= 11 is 0. The van der Waals surface area contributed by atoms with Gasteiger partial charge in [-0.25, -0.2) is 9.59 Å². The second-order valence-electron chi connectivity index (χ2n) is 17.2. The van der Waals surface area contributed by atoms with Crippen LogP contribution in [0.1, 0.15) is 67.6 Å². The van der Waals surface area contributed by atoms with Crippen LogP contribution in [0, 0.1) is 27.9 Å². The molecule has 4 aromatic carbocycles. The molecule has 17 nitrogen and oxygen atoms in total. The lowest BCUT2D eigenvalue weighted by atomic mass is 9.55. The Kier molecular flexibility index (Phi) is 16.9. The number of non-ortho nitro benzene ring substituents is 1. The van der Waals surface area contributed by atoms with Crippen molar-refractivity contribution in [2.45, 2.75) is 75.9 Å². The van der Waals surface area contributed by atoms with Crippen molar-refractivity contribution >= 4 is 29.3 Å². The molecule has 1 fully saturated rings. The van der Waals surface area contributed by atoms with E-state index in [9.17, 15) is 29.9 Å². The SMILES string of the molecule is C=CCO[C@@]12Oc3ccc(OC(=O)Nc4ccc(OC)cc4OC)cc3[C@H]3[C@H](CCCCO)[C@@H](CCCCO)C=C(C(=NOCc4ccc([N+](=O)[O-])cc4)C[C@@H]1N(C)C(=O)OCc1ccccc1)[C@H]32. The molecule has 1 heterocycles. The molecule has 4 aromatic rings. The number of oxime groups is 1. The number of anilines is 1. The van der Waals surface area contributed by atoms with Gasteiger partial charge in [0.2, 0.25) is 5.79 Å². The van der Waals surface area contributed by atoms with Gasteiger partial charge in [-0.15, -0.1) is 6.58 Å². The summed E-state index contributed by atoms with van der Waals surface area (Å²) in [5.74, 6) is -1.21. The third kappa shape index (κ3) is 11.5. The maximum absolute atomic E-state index is 14.3. The van der Waals surface area contributed by atoms with Crippen molar-refractivity contribution in [1.29, 1.82) is 0 Å². The van der Waals surface area contributed by atoms with E-state index in [0.29, 0.717) is 66.3 Å². The molecule has 0 radical (unpaired) electrons. The van der Waals surface area contributed by atoms with E-state index in [4.69, 9.17) is 38.4 Å². The van der Waals surface area contributed by atoms with Crippen LogP contribution in [0.2, 0.25) is 0 Å². The summed E-state index contributed by atoms with van der Waals surface area (Å²) in [6.45, 7) is 4.07. The first kappa shape index (κ1) is 49.9. The first-order valence-electron chi connectivity index (χ1n) is 23.1. The Balaban J connectivity index is 1.35. The van der Waals surface area contributed by atoms with Crippen LogP contribution in [0.15, 0.2) is 120 Å². The van der Waals surface area contributed by atoms with Gasteiger partial charge in [0, 0.05) is 56.4 Å². The number of nitrogens with one attached hydrogen (secondary N) is 1. The van der Waals surface area contributed by atoms with Crippen molar-refractivity contribution < 1.29 is 58.0 Å². The Morgan fingerprint density at radius 2 is 1.65 bits per heavy atom. The number of likely N-dealkylation sites (N-methyl/N-ethyl adjacent to an activating group) is 1. The summed E-state index contributed by atoms with van der Waals surface area (Å²) in [4.78, 5) is 46.4. The van der Waals surface area contributed by atoms with Crippen LogP contribution in [0.3, 0.4) is 0 Å². The highest BCUT2D eigenvalue weighted by Crippen LogP contribution is 2.62. The molecule has 0 aromatic heterocycles. The Bertz CT molecular complexity index is 2480. The Morgan fingerprint density at radius 1 is 0.928 bits per heavy atom. The number of ether oxygens (including phenoxy) is 6. The maximum atomic E-state index is 14.3. The molecule has 17 heteroatoms. The molecule has 366 valence electrons. The molecule has 0 saturated heterocycles. The van der Waals surface area contributed by atoms with E-state index >= 15 is 0 Å². The van der Waals surface area contributed by atoms with Gasteiger partial charge in [0.25, 0.3) is 5.69 Å². The summed E-state index contributed by atoms with van der Waals surface area (Å²) < 4.78 is 36.9. The maximum Gasteiger partial charge on any atom is 0.417 e. The number of rotatable bonds is 22. The topological polar surface area (TPSA) is 210 Å². The van der Waals surface area contributed by atoms with Gasteiger partial charge in [0.05, 0.1) is 43.1 Å². The molecule has 0 bridgehead atoms. The number of nitro groups is 1. The molecule has 3 aliphatic rings. The Labute approximate surface area is 401 Å². The highest BCUT2D eigenvalue weighted by atomic mass is 16.7. The Hall–Kier alpha value is -6.95. The molecular formula is C52H60N4O13. The number of methoxy groups -OCH3 is 2. The van der Waals surface area contributed by atoms with Gasteiger partial charge in [-0.3, -0.25) is 15.4 Å². The number of benzene rings is 4. The molecule has 0 spiro atoms. The number of hydrogen-bond donors (Lipinski definition) is 3. The molecule has 1 saturated carbocycles. The lowest BCUT2D eigenvalue weighted by molar-refractivity contribution is -0.384. The number of nitro benzene ring substituents is 1. The van der Waals surface area contributed by atoms with Crippen LogP contribution < -0.4 is 24.3 Å². The minimum atomic E-state index is -1.56. The van der Waals surface area contributed by atoms with E-state index in [2.05, 4.69) is 18.0 Å². The third-order valence-corrected chi connectivity index (χ3v) is 13.0. The van der Waals surface area contributed by atoms with E-state index in [-0.39, 0.29) is 62.7 Å². The number of nitrogens with zero attached hydrogens (tertiary/aromatic N) is 3. The number of aliphatic hydroxyl groups excluding tert-OH is 2. The fourth-order valence-corrected chi connectivity index (χ4v) is 9.78. The van der Waals surface area contributed by atoms with Crippen LogP contribution >= 0.6 is 0 Å². The zero-order valence-corrected chi connectivity index (χ0v) is 39.1. The van der Waals surface area contributed by atoms with E-state index in [1.165, 1.54) is 31.3 Å². The van der Waals surface area contributed by atoms with Crippen LogP contribution in [0.5, 0.6) is 23.0 Å². The lowest BCUT2D eigenvalue weighted by Gasteiger charge is -2.59. The number of fused-ring (bicyclic) bond motifs is 2. The van der Waals surface area contributed by atoms with E-state index in [0.717, 1.165) is 23.1 Å². The van der Waals surface area contributed by atoms with E-state index < -0.39 is 40.8 Å². The van der Waals surface area contributed by atoms with Gasteiger partial charge < -0.3 is 48.4 Å². The van der Waals surface area contributed by atoms with Crippen molar-refractivity contribution in [3.63, 3.8) is 0 Å². The predicted molar refractivity (Wildman–Crippen MR) is 256 cm³/mol. The zero-order valence-electron chi connectivity index (χ0n) is 39.1. The largest absolute Gasteiger partial charge is 0.497 e. The van der Waals surface area contributed by atoms with Gasteiger partial charge in [-0.05, 0) is 96.7 Å². The van der Waals surface area contributed by atoms with E-state index in [1.54, 1.807) is 61.7 Å². The Morgan fingerprint density at radius 3 is 2.35 bits per heavy atom. The van der Waals surface area contributed by atoms with Crippen LogP contribution in [-0.2, 0) is 27.5 Å². The van der Waals surface area contributed by atoms with Crippen LogP contribution in [0.25, 0.3) is 0 Å². The van der Waals surface area contributed by atoms with Gasteiger partial charge >= 0.3 is 12.2 Å². The average molecular weight is 949 g/mol. The normalized spacial score (nSPS) is 21.6. The molecule has 69 heavy (non-hydrogen) atoms. The average Bonchev–Trinajstić information content (AvgIpc) is 3.36. The van der Waals surface area contributed by atoms with Crippen LogP contribution in [-0.4, -0.2) is 90.9 Å². The number of carbonyl (C=O) groups excluding carboxylic acids is 2. The van der Waals surface area contributed by atoms with Crippen molar-refractivity contribution in [3.8, 4) is 23.0 Å². The second-order valence-corrected chi connectivity index (χ2v) is 17.2. The highest BCUT2D eigenvalue weighted by molar-refractivity contribution is 6.03. The number of unbranched alkanes of at least 4 members (excludes halogenated alkanes) is 2. The monoisotopic (exact) mass is 948 g/mol. The van der Waals surface area contributed by atoms with Gasteiger partial charge in [0.1, 0.15) is 42.3 Å². The quantitative estimate of drug-likeness (QED) is 0.0291. The summed E-state index contributed by atoms with van der Waals surface area (Å²) in [5.41, 5.74) is 3.82. The molecule has 2 aliphatic carbocycles. The number of aliphatic hydroxyl groups is 2. The minimum absolute atomic E-state index is 0.00515. The fourth-order valence-electron chi connectivity index (χ4n) is 9.78. The minimum Gasteiger partial charge on any atom is -0.497 e. The summed E-state index contributed by atoms with van der Waals surface area (Å²) in [6.07, 6.45) is 6.50. The predicted octanol–water partition coefficient (Wildman–Crippen LogP) is 9.33. The van der Waals surface area contributed by atoms with Crippen molar-refractivity contribution in [2.24, 2.45) is 22.9 Å². The first-order valence-corrected chi connectivity index (χ1v) is 23.1. The molecule has 6 atom stereocenters. The van der Waals surface area contributed by atoms with E-state index in [1.807, 2.05) is 30.3 Å². The number of carbonyl (C=O) groups is 2. The molecule has 0 unspecified atom stereocenters.